The van der Waals surface area contributed by atoms with Crippen LogP contribution in [0, 0.1) is 13.8 Å². The van der Waals surface area contributed by atoms with Crippen molar-refractivity contribution in [1.29, 1.82) is 0 Å². The second kappa shape index (κ2) is 8.06. The van der Waals surface area contributed by atoms with Gasteiger partial charge in [0.05, 0.1) is 13.0 Å². The molecule has 0 aromatic heterocycles. The molecule has 4 nitrogen and oxygen atoms in total. The van der Waals surface area contributed by atoms with Crippen molar-refractivity contribution in [2.75, 3.05) is 37.7 Å². The van der Waals surface area contributed by atoms with Crippen molar-refractivity contribution in [2.45, 2.75) is 20.3 Å². The Hall–Kier alpha value is -2.49. The largest absolute Gasteiger partial charge is 0.493 e. The molecular weight excluding hydrogens is 312 g/mol. The second-order valence-corrected chi connectivity index (χ2v) is 6.50. The van der Waals surface area contributed by atoms with Gasteiger partial charge >= 0.3 is 0 Å². The highest BCUT2D eigenvalue weighted by atomic mass is 16.5. The van der Waals surface area contributed by atoms with Gasteiger partial charge in [0, 0.05) is 31.9 Å². The molecule has 1 aliphatic heterocycles. The van der Waals surface area contributed by atoms with E-state index in [-0.39, 0.29) is 5.91 Å². The van der Waals surface area contributed by atoms with E-state index in [2.05, 4.69) is 49.1 Å². The molecule has 0 bridgehead atoms. The number of carbonyl (C=O) groups is 1. The molecule has 4 heteroatoms. The lowest BCUT2D eigenvalue weighted by atomic mass is 10.1. The molecule has 0 aliphatic carbocycles. The third kappa shape index (κ3) is 4.32. The minimum absolute atomic E-state index is 0.179. The van der Waals surface area contributed by atoms with Crippen LogP contribution < -0.4 is 9.64 Å². The highest BCUT2D eigenvalue weighted by Crippen LogP contribution is 2.21. The zero-order chi connectivity index (χ0) is 17.6. The lowest BCUT2D eigenvalue weighted by Crippen LogP contribution is -2.49. The molecule has 2 aromatic carbocycles. The lowest BCUT2D eigenvalue weighted by molar-refractivity contribution is -0.132. The monoisotopic (exact) mass is 338 g/mol. The fourth-order valence-electron chi connectivity index (χ4n) is 3.14. The van der Waals surface area contributed by atoms with Crippen molar-refractivity contribution < 1.29 is 9.53 Å². The molecule has 1 fully saturated rings. The fraction of sp³-hybridized carbons (Fsp3) is 0.381. The summed E-state index contributed by atoms with van der Waals surface area (Å²) in [6.07, 6.45) is 0.429. The summed E-state index contributed by atoms with van der Waals surface area (Å²) in [5.74, 6) is 1.06. The molecule has 1 aliphatic rings. The number of amides is 1. The number of para-hydroxylation sites is 1. The number of piperazine rings is 1. The Balaban J connectivity index is 1.44. The van der Waals surface area contributed by atoms with E-state index in [0.717, 1.165) is 37.5 Å². The number of anilines is 1. The molecule has 25 heavy (non-hydrogen) atoms. The standard InChI is InChI=1S/C21H26N2O2/c1-17-7-6-10-20(18(17)2)25-16-11-21(24)23-14-12-22(13-15-23)19-8-4-3-5-9-19/h3-10H,11-16H2,1-2H3. The van der Waals surface area contributed by atoms with Crippen LogP contribution in [0.1, 0.15) is 17.5 Å². The van der Waals surface area contributed by atoms with Crippen LogP contribution in [-0.4, -0.2) is 43.6 Å². The number of hydrogen-bond donors (Lipinski definition) is 0. The van der Waals surface area contributed by atoms with Crippen LogP contribution in [0.3, 0.4) is 0 Å². The van der Waals surface area contributed by atoms with E-state index < -0.39 is 0 Å². The maximum atomic E-state index is 12.4. The minimum atomic E-state index is 0.179. The third-order valence-corrected chi connectivity index (χ3v) is 4.88. The average Bonchev–Trinajstić information content (AvgIpc) is 2.66. The molecule has 132 valence electrons. The highest BCUT2D eigenvalue weighted by molar-refractivity contribution is 5.76. The SMILES string of the molecule is Cc1cccc(OCCC(=O)N2CCN(c3ccccc3)CC2)c1C. The first-order valence-electron chi connectivity index (χ1n) is 8.92. The Morgan fingerprint density at radius 3 is 2.40 bits per heavy atom. The summed E-state index contributed by atoms with van der Waals surface area (Å²) in [4.78, 5) is 16.7. The molecule has 0 N–H and O–H groups in total. The Morgan fingerprint density at radius 2 is 1.68 bits per heavy atom. The summed E-state index contributed by atoms with van der Waals surface area (Å²) in [5, 5.41) is 0. The third-order valence-electron chi connectivity index (χ3n) is 4.88. The number of carbonyl (C=O) groups excluding carboxylic acids is 1. The van der Waals surface area contributed by atoms with Gasteiger partial charge in [0.15, 0.2) is 0 Å². The Kier molecular flexibility index (Phi) is 5.59. The molecule has 2 aromatic rings. The normalized spacial score (nSPS) is 14.5. The van der Waals surface area contributed by atoms with Crippen molar-refractivity contribution in [3.8, 4) is 5.75 Å². The van der Waals surface area contributed by atoms with Crippen LogP contribution >= 0.6 is 0 Å². The van der Waals surface area contributed by atoms with E-state index in [4.69, 9.17) is 4.74 Å². The van der Waals surface area contributed by atoms with Gasteiger partial charge in [-0.1, -0.05) is 30.3 Å². The number of rotatable bonds is 5. The Morgan fingerprint density at radius 1 is 0.960 bits per heavy atom. The van der Waals surface area contributed by atoms with E-state index in [9.17, 15) is 4.79 Å². The lowest BCUT2D eigenvalue weighted by Gasteiger charge is -2.36. The van der Waals surface area contributed by atoms with Crippen LogP contribution in [0.25, 0.3) is 0 Å². The van der Waals surface area contributed by atoms with Gasteiger partial charge in [0.2, 0.25) is 5.91 Å². The van der Waals surface area contributed by atoms with Gasteiger partial charge in [-0.15, -0.1) is 0 Å². The van der Waals surface area contributed by atoms with E-state index in [1.54, 1.807) is 0 Å². The molecule has 0 radical (unpaired) electrons. The zero-order valence-electron chi connectivity index (χ0n) is 15.1. The molecule has 1 amide bonds. The smallest absolute Gasteiger partial charge is 0.226 e. The van der Waals surface area contributed by atoms with Gasteiger partial charge in [-0.25, -0.2) is 0 Å². The van der Waals surface area contributed by atoms with Gasteiger partial charge in [-0.05, 0) is 43.2 Å². The van der Waals surface area contributed by atoms with Crippen LogP contribution in [-0.2, 0) is 4.79 Å². The van der Waals surface area contributed by atoms with Gasteiger partial charge < -0.3 is 14.5 Å². The first-order chi connectivity index (χ1) is 12.1. The van der Waals surface area contributed by atoms with E-state index >= 15 is 0 Å². The van der Waals surface area contributed by atoms with Gasteiger partial charge in [-0.3, -0.25) is 4.79 Å². The molecule has 1 heterocycles. The Bertz CT molecular complexity index is 707. The highest BCUT2D eigenvalue weighted by Gasteiger charge is 2.21. The number of hydrogen-bond acceptors (Lipinski definition) is 3. The maximum absolute atomic E-state index is 12.4. The predicted molar refractivity (Wildman–Crippen MR) is 101 cm³/mol. The number of aryl methyl sites for hydroxylation is 1. The van der Waals surface area contributed by atoms with Crippen molar-refractivity contribution in [2.24, 2.45) is 0 Å². The topological polar surface area (TPSA) is 32.8 Å². The first-order valence-corrected chi connectivity index (χ1v) is 8.92. The van der Waals surface area contributed by atoms with Gasteiger partial charge in [0.25, 0.3) is 0 Å². The molecular formula is C21H26N2O2. The summed E-state index contributed by atoms with van der Waals surface area (Å²) >= 11 is 0. The van der Waals surface area contributed by atoms with E-state index in [1.165, 1.54) is 11.3 Å². The van der Waals surface area contributed by atoms with Crippen LogP contribution in [0.2, 0.25) is 0 Å². The average molecular weight is 338 g/mol. The summed E-state index contributed by atoms with van der Waals surface area (Å²) in [7, 11) is 0. The first kappa shape index (κ1) is 17.3. The quantitative estimate of drug-likeness (QED) is 0.837. The summed E-state index contributed by atoms with van der Waals surface area (Å²) < 4.78 is 5.81. The van der Waals surface area contributed by atoms with Crippen molar-refractivity contribution >= 4 is 11.6 Å². The minimum Gasteiger partial charge on any atom is -0.493 e. The molecule has 0 saturated carbocycles. The molecule has 0 unspecified atom stereocenters. The van der Waals surface area contributed by atoms with Gasteiger partial charge in [-0.2, -0.15) is 0 Å². The zero-order valence-corrected chi connectivity index (χ0v) is 15.1. The van der Waals surface area contributed by atoms with Gasteiger partial charge in [0.1, 0.15) is 5.75 Å². The number of benzene rings is 2. The summed E-state index contributed by atoms with van der Waals surface area (Å²) in [5.41, 5.74) is 3.58. The Labute approximate surface area is 150 Å². The fourth-order valence-corrected chi connectivity index (χ4v) is 3.14. The molecule has 3 rings (SSSR count). The predicted octanol–water partition coefficient (Wildman–Crippen LogP) is 3.42. The number of ether oxygens (including phenoxy) is 1. The maximum Gasteiger partial charge on any atom is 0.226 e. The van der Waals surface area contributed by atoms with E-state index in [1.807, 2.05) is 23.1 Å². The molecule has 0 spiro atoms. The molecule has 1 saturated heterocycles. The van der Waals surface area contributed by atoms with E-state index in [0.29, 0.717) is 13.0 Å². The van der Waals surface area contributed by atoms with Crippen LogP contribution in [0.5, 0.6) is 5.75 Å². The number of nitrogens with zero attached hydrogens (tertiary/aromatic N) is 2. The van der Waals surface area contributed by atoms with Crippen LogP contribution in [0.15, 0.2) is 48.5 Å². The van der Waals surface area contributed by atoms with Crippen molar-refractivity contribution in [3.05, 3.63) is 59.7 Å². The second-order valence-electron chi connectivity index (χ2n) is 6.50. The van der Waals surface area contributed by atoms with Crippen LogP contribution in [0.4, 0.5) is 5.69 Å². The van der Waals surface area contributed by atoms with Crippen molar-refractivity contribution in [1.82, 2.24) is 4.90 Å². The summed E-state index contributed by atoms with van der Waals surface area (Å²) in [6.45, 7) is 7.87. The van der Waals surface area contributed by atoms with Crippen molar-refractivity contribution in [3.63, 3.8) is 0 Å². The molecule has 0 atom stereocenters. The summed E-state index contributed by atoms with van der Waals surface area (Å²) in [6, 6.07) is 16.4.